The second-order valence-electron chi connectivity index (χ2n) is 10.1. The van der Waals surface area contributed by atoms with Crippen LogP contribution in [0.1, 0.15) is 55.0 Å². The number of amides is 1. The van der Waals surface area contributed by atoms with Crippen molar-refractivity contribution in [1.29, 1.82) is 0 Å². The van der Waals surface area contributed by atoms with Gasteiger partial charge in [-0.05, 0) is 39.8 Å². The number of hydrogen-bond donors (Lipinski definition) is 0. The molecule has 2 unspecified atom stereocenters. The summed E-state index contributed by atoms with van der Waals surface area (Å²) in [5.41, 5.74) is -0.0568. The number of aromatic nitrogens is 2. The molecule has 3 aromatic rings. The van der Waals surface area contributed by atoms with E-state index in [-0.39, 0.29) is 71.1 Å². The Labute approximate surface area is 247 Å². The average molecular weight is 575 g/mol. The number of rotatable bonds is 7. The number of benzene rings is 2. The van der Waals surface area contributed by atoms with E-state index >= 15 is 0 Å². The summed E-state index contributed by atoms with van der Waals surface area (Å²) in [4.78, 5) is 31.1. The van der Waals surface area contributed by atoms with Crippen LogP contribution in [0.2, 0.25) is 0 Å². The Bertz CT molecular complexity index is 1440. The standard InChI is InChI=1S/C25H30F2N3O7P.Na/c1-14-28-23-18(30(14)13-35-38(32,33)37-25(2,3)4)9-15(24(31)29(5)6)10-21(23)36-19-7-8-34-20-12-16(26)11-17(27)22(19)20;/h9-12,19H,7-8,13H2,1-6H3,(H,32,33);/q;+1/p-1. The third-order valence-electron chi connectivity index (χ3n) is 5.68. The van der Waals surface area contributed by atoms with Crippen molar-refractivity contribution in [3.8, 4) is 11.5 Å². The van der Waals surface area contributed by atoms with Crippen LogP contribution in [0.4, 0.5) is 8.78 Å². The van der Waals surface area contributed by atoms with Gasteiger partial charge in [-0.15, -0.1) is 0 Å². The Morgan fingerprint density at radius 1 is 1.26 bits per heavy atom. The maximum Gasteiger partial charge on any atom is 1.00 e. The Hall–Kier alpha value is -2.05. The van der Waals surface area contributed by atoms with E-state index in [1.807, 2.05) is 0 Å². The van der Waals surface area contributed by atoms with Gasteiger partial charge in [0.15, 0.2) is 0 Å². The minimum atomic E-state index is -4.68. The first-order valence-electron chi connectivity index (χ1n) is 11.8. The van der Waals surface area contributed by atoms with Gasteiger partial charge in [0.25, 0.3) is 13.7 Å². The summed E-state index contributed by atoms with van der Waals surface area (Å²) in [7, 11) is -1.52. The van der Waals surface area contributed by atoms with Gasteiger partial charge in [0.1, 0.15) is 47.3 Å². The van der Waals surface area contributed by atoms with Crippen molar-refractivity contribution < 1.29 is 71.1 Å². The first-order chi connectivity index (χ1) is 17.6. The molecule has 0 bridgehead atoms. The van der Waals surface area contributed by atoms with E-state index in [1.165, 1.54) is 15.5 Å². The van der Waals surface area contributed by atoms with Crippen LogP contribution in [0.3, 0.4) is 0 Å². The molecule has 2 aromatic carbocycles. The van der Waals surface area contributed by atoms with Crippen LogP contribution in [0.5, 0.6) is 11.5 Å². The number of halogens is 2. The van der Waals surface area contributed by atoms with Crippen LogP contribution in [-0.2, 0) is 20.3 Å². The van der Waals surface area contributed by atoms with Crippen LogP contribution in [0.15, 0.2) is 24.3 Å². The van der Waals surface area contributed by atoms with Crippen molar-refractivity contribution in [2.24, 2.45) is 0 Å². The Balaban J connectivity index is 0.00000420. The molecule has 0 spiro atoms. The van der Waals surface area contributed by atoms with Crippen molar-refractivity contribution in [3.05, 3.63) is 52.9 Å². The van der Waals surface area contributed by atoms with E-state index in [9.17, 15) is 23.0 Å². The summed E-state index contributed by atoms with van der Waals surface area (Å²) in [5.74, 6) is -1.38. The van der Waals surface area contributed by atoms with Crippen LogP contribution in [0, 0.1) is 18.6 Å². The van der Waals surface area contributed by atoms with Gasteiger partial charge in [-0.3, -0.25) is 13.9 Å². The average Bonchev–Trinajstić information content (AvgIpc) is 3.10. The molecule has 1 amide bonds. The maximum atomic E-state index is 14.7. The summed E-state index contributed by atoms with van der Waals surface area (Å²) in [6, 6.07) is 4.87. The predicted molar refractivity (Wildman–Crippen MR) is 132 cm³/mol. The zero-order valence-electron chi connectivity index (χ0n) is 22.9. The molecular weight excluding hydrogens is 546 g/mol. The van der Waals surface area contributed by atoms with Gasteiger partial charge in [0.2, 0.25) is 0 Å². The zero-order chi connectivity index (χ0) is 28.0. The molecule has 10 nitrogen and oxygen atoms in total. The number of aryl methyl sites for hydroxylation is 1. The van der Waals surface area contributed by atoms with E-state index in [0.29, 0.717) is 16.9 Å². The van der Waals surface area contributed by atoms with Gasteiger partial charge in [-0.2, -0.15) is 0 Å². The fourth-order valence-corrected chi connectivity index (χ4v) is 5.10. The molecule has 0 N–H and O–H groups in total. The third-order valence-corrected chi connectivity index (χ3v) is 6.88. The zero-order valence-corrected chi connectivity index (χ0v) is 25.8. The summed E-state index contributed by atoms with van der Waals surface area (Å²) in [6.07, 6.45) is -0.592. The molecule has 4 rings (SSSR count). The first kappa shape index (κ1) is 31.5. The molecule has 1 aromatic heterocycles. The molecule has 2 heterocycles. The Morgan fingerprint density at radius 3 is 2.59 bits per heavy atom. The molecule has 206 valence electrons. The van der Waals surface area contributed by atoms with E-state index in [1.54, 1.807) is 47.9 Å². The number of phosphoric acid groups is 1. The van der Waals surface area contributed by atoms with Crippen molar-refractivity contribution >= 4 is 24.8 Å². The van der Waals surface area contributed by atoms with Gasteiger partial charge in [0.05, 0.1) is 23.3 Å². The van der Waals surface area contributed by atoms with Crippen LogP contribution >= 0.6 is 7.82 Å². The minimum Gasteiger partial charge on any atom is -0.756 e. The number of nitrogens with zero attached hydrogens (tertiary/aromatic N) is 3. The van der Waals surface area contributed by atoms with Gasteiger partial charge < -0.3 is 28.4 Å². The molecule has 14 heteroatoms. The number of carbonyl (C=O) groups is 1. The van der Waals surface area contributed by atoms with Crippen LogP contribution in [0.25, 0.3) is 11.0 Å². The molecule has 0 fully saturated rings. The van der Waals surface area contributed by atoms with E-state index in [4.69, 9.17) is 18.5 Å². The number of imidazole rings is 1. The fraction of sp³-hybridized carbons (Fsp3) is 0.440. The minimum absolute atomic E-state index is 0. The Morgan fingerprint density at radius 2 is 1.95 bits per heavy atom. The van der Waals surface area contributed by atoms with E-state index < -0.39 is 37.9 Å². The summed E-state index contributed by atoms with van der Waals surface area (Å²) >= 11 is 0. The SMILES string of the molecule is Cc1nc2c(OC3CCOc4cc(F)cc(F)c43)cc(C(=O)N(C)C)cc2n1COP(=O)([O-])OC(C)(C)C.[Na+]. The molecule has 0 radical (unpaired) electrons. The van der Waals surface area contributed by atoms with E-state index in [2.05, 4.69) is 4.98 Å². The second-order valence-corrected chi connectivity index (χ2v) is 11.4. The van der Waals surface area contributed by atoms with Crippen LogP contribution in [-0.4, -0.2) is 46.7 Å². The topological polar surface area (TPSA) is 115 Å². The Kier molecular flexibility index (Phi) is 9.54. The molecule has 0 aliphatic carbocycles. The third kappa shape index (κ3) is 7.18. The van der Waals surface area contributed by atoms with Crippen LogP contribution < -0.4 is 43.9 Å². The number of ether oxygens (including phenoxy) is 2. The second kappa shape index (κ2) is 11.8. The first-order valence-corrected chi connectivity index (χ1v) is 13.3. The van der Waals surface area contributed by atoms with Crippen molar-refractivity contribution in [1.82, 2.24) is 14.5 Å². The molecule has 0 saturated heterocycles. The smallest absolute Gasteiger partial charge is 0.756 e. The molecule has 1 aliphatic rings. The molecule has 39 heavy (non-hydrogen) atoms. The van der Waals surface area contributed by atoms with E-state index in [0.717, 1.165) is 12.1 Å². The summed E-state index contributed by atoms with van der Waals surface area (Å²) < 4.78 is 64.1. The molecule has 2 atom stereocenters. The van der Waals surface area contributed by atoms with Gasteiger partial charge in [0, 0.05) is 38.2 Å². The molecular formula is C25H29F2N3NaO7P. The number of fused-ring (bicyclic) bond motifs is 2. The maximum absolute atomic E-state index is 14.7. The monoisotopic (exact) mass is 575 g/mol. The van der Waals surface area contributed by atoms with Gasteiger partial charge in [-0.25, -0.2) is 13.8 Å². The van der Waals surface area contributed by atoms with Crippen molar-refractivity contribution in [2.75, 3.05) is 20.7 Å². The summed E-state index contributed by atoms with van der Waals surface area (Å²) in [5, 5.41) is 0. The van der Waals surface area contributed by atoms with Gasteiger partial charge in [-0.1, -0.05) is 0 Å². The molecule has 0 saturated carbocycles. The summed E-state index contributed by atoms with van der Waals surface area (Å²) in [6.45, 7) is 6.06. The predicted octanol–water partition coefficient (Wildman–Crippen LogP) is 1.49. The van der Waals surface area contributed by atoms with Crippen molar-refractivity contribution in [3.63, 3.8) is 0 Å². The number of carbonyl (C=O) groups excluding carboxylic acids is 1. The normalized spacial score (nSPS) is 16.6. The fourth-order valence-electron chi connectivity index (χ4n) is 4.12. The van der Waals surface area contributed by atoms with Crippen molar-refractivity contribution in [2.45, 2.75) is 52.6 Å². The largest absolute Gasteiger partial charge is 1.00 e. The quantitative estimate of drug-likeness (QED) is 0.308. The van der Waals surface area contributed by atoms with Gasteiger partial charge >= 0.3 is 29.6 Å². The number of phosphoric ester groups is 1. The molecule has 1 aliphatic heterocycles. The number of hydrogen-bond acceptors (Lipinski definition) is 8.